The van der Waals surface area contributed by atoms with E-state index in [0.29, 0.717) is 10.8 Å². The number of rotatable bonds is 1. The minimum absolute atomic E-state index is 0.581. The molecule has 0 amide bonds. The van der Waals surface area contributed by atoms with Crippen molar-refractivity contribution < 1.29 is 4.52 Å². The molecule has 0 aliphatic rings. The van der Waals surface area contributed by atoms with Gasteiger partial charge >= 0.3 is 0 Å². The van der Waals surface area contributed by atoms with E-state index in [1.54, 1.807) is 18.2 Å². The summed E-state index contributed by atoms with van der Waals surface area (Å²) in [7, 11) is 2.13. The van der Waals surface area contributed by atoms with E-state index in [-0.39, 0.29) is 0 Å². The second-order valence-corrected chi connectivity index (χ2v) is 2.61. The zero-order valence-corrected chi connectivity index (χ0v) is 7.58. The van der Waals surface area contributed by atoms with Crippen molar-refractivity contribution in [1.29, 1.82) is 0 Å². The molecule has 56 valence electrons. The molecular formula is C8H6ClOP. The molecule has 1 aromatic carbocycles. The zero-order chi connectivity index (χ0) is 8.27. The van der Waals surface area contributed by atoms with Crippen LogP contribution in [-0.2, 0) is 0 Å². The van der Waals surface area contributed by atoms with Gasteiger partial charge in [0.2, 0.25) is 0 Å². The fourth-order valence-electron chi connectivity index (χ4n) is 0.714. The topological polar surface area (TPSA) is 9.23 Å². The number of benzene rings is 1. The fourth-order valence-corrected chi connectivity index (χ4v) is 1.08. The summed E-state index contributed by atoms with van der Waals surface area (Å²) in [4.78, 5) is 0. The van der Waals surface area contributed by atoms with E-state index in [1.165, 1.54) is 0 Å². The highest BCUT2D eigenvalue weighted by Crippen LogP contribution is 2.21. The van der Waals surface area contributed by atoms with Gasteiger partial charge in [-0.15, -0.1) is 6.42 Å². The third-order valence-corrected chi connectivity index (χ3v) is 1.66. The van der Waals surface area contributed by atoms with E-state index in [0.717, 1.165) is 5.56 Å². The Hall–Kier alpha value is -0.700. The number of hydrogen-bond acceptors (Lipinski definition) is 1. The lowest BCUT2D eigenvalue weighted by Gasteiger charge is -1.99. The number of halogens is 1. The van der Waals surface area contributed by atoms with E-state index in [9.17, 15) is 0 Å². The van der Waals surface area contributed by atoms with Crippen molar-refractivity contribution in [3.05, 3.63) is 28.8 Å². The standard InChI is InChI=1S/C8H6ClOP/c1-2-6-3-7(9)5-8(4-6)10-11/h1,3-5H,11H2. The molecule has 0 N–H and O–H groups in total. The first-order valence-corrected chi connectivity index (χ1v) is 3.75. The lowest BCUT2D eigenvalue weighted by atomic mass is 10.2. The minimum Gasteiger partial charge on any atom is -0.480 e. The van der Waals surface area contributed by atoms with E-state index in [2.05, 4.69) is 15.4 Å². The van der Waals surface area contributed by atoms with E-state index in [4.69, 9.17) is 22.5 Å². The Bertz CT molecular complexity index is 303. The van der Waals surface area contributed by atoms with Crippen LogP contribution < -0.4 is 4.52 Å². The molecule has 0 spiro atoms. The molecule has 0 fully saturated rings. The summed E-state index contributed by atoms with van der Waals surface area (Å²) in [6.45, 7) is 0. The Labute approximate surface area is 73.0 Å². The molecule has 1 nitrogen and oxygen atoms in total. The third kappa shape index (κ3) is 2.12. The highest BCUT2D eigenvalue weighted by atomic mass is 35.5. The Morgan fingerprint density at radius 2 is 2.18 bits per heavy atom. The lowest BCUT2D eigenvalue weighted by Crippen LogP contribution is -1.77. The van der Waals surface area contributed by atoms with Gasteiger partial charge in [0, 0.05) is 10.6 Å². The Kier molecular flexibility index (Phi) is 2.76. The van der Waals surface area contributed by atoms with Crippen molar-refractivity contribution in [2.24, 2.45) is 0 Å². The molecule has 0 aliphatic heterocycles. The molecule has 1 rings (SSSR count). The van der Waals surface area contributed by atoms with Gasteiger partial charge in [-0.1, -0.05) is 17.5 Å². The van der Waals surface area contributed by atoms with Gasteiger partial charge < -0.3 is 4.52 Å². The van der Waals surface area contributed by atoms with Crippen LogP contribution in [0.15, 0.2) is 18.2 Å². The Morgan fingerprint density at radius 1 is 1.45 bits per heavy atom. The van der Waals surface area contributed by atoms with Crippen molar-refractivity contribution in [3.8, 4) is 18.1 Å². The predicted molar refractivity (Wildman–Crippen MR) is 49.7 cm³/mol. The van der Waals surface area contributed by atoms with Crippen LogP contribution in [0, 0.1) is 12.3 Å². The van der Waals surface area contributed by atoms with Crippen LogP contribution in [0.3, 0.4) is 0 Å². The molecule has 1 atom stereocenters. The van der Waals surface area contributed by atoms with Crippen molar-refractivity contribution in [2.75, 3.05) is 0 Å². The first kappa shape index (κ1) is 8.40. The van der Waals surface area contributed by atoms with Crippen LogP contribution in [0.1, 0.15) is 5.56 Å². The highest BCUT2D eigenvalue weighted by molar-refractivity contribution is 7.10. The molecule has 0 saturated heterocycles. The summed E-state index contributed by atoms with van der Waals surface area (Å²) >= 11 is 5.72. The van der Waals surface area contributed by atoms with Crippen LogP contribution in [0.25, 0.3) is 0 Å². The van der Waals surface area contributed by atoms with E-state index < -0.39 is 0 Å². The van der Waals surface area contributed by atoms with Crippen molar-refractivity contribution in [1.82, 2.24) is 0 Å². The molecule has 1 unspecified atom stereocenters. The quantitative estimate of drug-likeness (QED) is 0.481. The van der Waals surface area contributed by atoms with Crippen molar-refractivity contribution >= 4 is 21.1 Å². The number of hydrogen-bond donors (Lipinski definition) is 0. The largest absolute Gasteiger partial charge is 0.480 e. The normalized spacial score (nSPS) is 8.82. The molecule has 0 saturated carbocycles. The summed E-state index contributed by atoms with van der Waals surface area (Å²) in [6.07, 6.45) is 5.17. The SMILES string of the molecule is C#Cc1cc(Cl)cc(OP)c1. The summed E-state index contributed by atoms with van der Waals surface area (Å²) in [6, 6.07) is 5.13. The van der Waals surface area contributed by atoms with Crippen LogP contribution in [0.4, 0.5) is 0 Å². The molecule has 0 radical (unpaired) electrons. The molecule has 11 heavy (non-hydrogen) atoms. The van der Waals surface area contributed by atoms with Crippen LogP contribution in [0.5, 0.6) is 5.75 Å². The van der Waals surface area contributed by atoms with Gasteiger partial charge in [-0.3, -0.25) is 0 Å². The van der Waals surface area contributed by atoms with Crippen LogP contribution >= 0.6 is 21.1 Å². The van der Waals surface area contributed by atoms with Gasteiger partial charge in [0.15, 0.2) is 0 Å². The van der Waals surface area contributed by atoms with Crippen LogP contribution in [0.2, 0.25) is 5.02 Å². The lowest BCUT2D eigenvalue weighted by molar-refractivity contribution is 0.646. The summed E-state index contributed by atoms with van der Waals surface area (Å²) in [5.74, 6) is 3.12. The highest BCUT2D eigenvalue weighted by Gasteiger charge is 1.95. The summed E-state index contributed by atoms with van der Waals surface area (Å²) < 4.78 is 4.87. The van der Waals surface area contributed by atoms with E-state index in [1.807, 2.05) is 0 Å². The molecule has 0 heterocycles. The second kappa shape index (κ2) is 3.62. The smallest absolute Gasteiger partial charge is 0.125 e. The molecule has 0 bridgehead atoms. The first-order chi connectivity index (χ1) is 5.26. The van der Waals surface area contributed by atoms with Gasteiger partial charge in [0.05, 0.1) is 9.47 Å². The fraction of sp³-hybridized carbons (Fsp3) is 0. The summed E-state index contributed by atoms with van der Waals surface area (Å²) in [5, 5.41) is 0.581. The average Bonchev–Trinajstić information content (AvgIpc) is 2.03. The maximum atomic E-state index is 5.72. The second-order valence-electron chi connectivity index (χ2n) is 1.94. The maximum absolute atomic E-state index is 5.72. The average molecular weight is 185 g/mol. The Morgan fingerprint density at radius 3 is 2.73 bits per heavy atom. The minimum atomic E-state index is 0.581. The predicted octanol–water partition coefficient (Wildman–Crippen LogP) is 2.49. The zero-order valence-electron chi connectivity index (χ0n) is 5.67. The van der Waals surface area contributed by atoms with Crippen molar-refractivity contribution in [2.45, 2.75) is 0 Å². The van der Waals surface area contributed by atoms with Gasteiger partial charge in [0.1, 0.15) is 5.75 Å². The van der Waals surface area contributed by atoms with Gasteiger partial charge in [-0.05, 0) is 18.2 Å². The van der Waals surface area contributed by atoms with Gasteiger partial charge in [-0.25, -0.2) is 0 Å². The molecule has 0 aliphatic carbocycles. The molecule has 0 aromatic heterocycles. The molecular weight excluding hydrogens is 179 g/mol. The van der Waals surface area contributed by atoms with E-state index >= 15 is 0 Å². The first-order valence-electron chi connectivity index (χ1n) is 2.90. The molecule has 1 aromatic rings. The summed E-state index contributed by atoms with van der Waals surface area (Å²) in [5.41, 5.74) is 0.718. The molecule has 3 heteroatoms. The Balaban J connectivity index is 3.15. The van der Waals surface area contributed by atoms with Gasteiger partial charge in [0.25, 0.3) is 0 Å². The maximum Gasteiger partial charge on any atom is 0.125 e. The monoisotopic (exact) mass is 184 g/mol. The third-order valence-electron chi connectivity index (χ3n) is 1.17. The number of terminal acetylenes is 1. The van der Waals surface area contributed by atoms with Crippen molar-refractivity contribution in [3.63, 3.8) is 0 Å². The van der Waals surface area contributed by atoms with Gasteiger partial charge in [-0.2, -0.15) is 0 Å². The van der Waals surface area contributed by atoms with Crippen LogP contribution in [-0.4, -0.2) is 0 Å².